The summed E-state index contributed by atoms with van der Waals surface area (Å²) in [5.41, 5.74) is 1.24. The molecule has 0 saturated carbocycles. The highest BCUT2D eigenvalue weighted by atomic mass is 32.1. The first-order chi connectivity index (χ1) is 8.47. The van der Waals surface area contributed by atoms with Crippen LogP contribution in [0.2, 0.25) is 0 Å². The van der Waals surface area contributed by atoms with Crippen molar-refractivity contribution in [3.8, 4) is 0 Å². The zero-order valence-corrected chi connectivity index (χ0v) is 12.1. The first-order valence-electron chi connectivity index (χ1n) is 6.40. The van der Waals surface area contributed by atoms with Crippen molar-refractivity contribution >= 4 is 17.2 Å². The fourth-order valence-electron chi connectivity index (χ4n) is 1.68. The topological polar surface area (TPSA) is 54.0 Å². The van der Waals surface area contributed by atoms with Crippen molar-refractivity contribution in [1.82, 2.24) is 15.6 Å². The molecule has 1 aromatic rings. The maximum Gasteiger partial charge on any atom is 0.225 e. The van der Waals surface area contributed by atoms with Gasteiger partial charge in [-0.1, -0.05) is 20.8 Å². The Morgan fingerprint density at radius 2 is 2.28 bits per heavy atom. The molecule has 18 heavy (non-hydrogen) atoms. The molecule has 4 nitrogen and oxygen atoms in total. The molecular formula is C13H21N3OS. The Labute approximate surface area is 112 Å². The van der Waals surface area contributed by atoms with Crippen molar-refractivity contribution in [1.29, 1.82) is 0 Å². The summed E-state index contributed by atoms with van der Waals surface area (Å²) in [7, 11) is 0. The van der Waals surface area contributed by atoms with Gasteiger partial charge in [-0.25, -0.2) is 4.98 Å². The largest absolute Gasteiger partial charge is 0.355 e. The van der Waals surface area contributed by atoms with Crippen molar-refractivity contribution in [2.45, 2.75) is 32.6 Å². The molecule has 1 amide bonds. The Morgan fingerprint density at radius 1 is 1.56 bits per heavy atom. The standard InChI is InChI=1S/C13H21N3OS/c1-13(2,3)10-8-18-11(16-10)4-5-15-12(17)9-6-14-7-9/h8-9,14H,4-7H2,1-3H3,(H,15,17). The predicted octanol–water partition coefficient (Wildman–Crippen LogP) is 1.32. The van der Waals surface area contributed by atoms with Gasteiger partial charge in [0.25, 0.3) is 0 Å². The number of rotatable bonds is 4. The number of carbonyl (C=O) groups is 1. The molecule has 5 heteroatoms. The van der Waals surface area contributed by atoms with E-state index in [2.05, 4.69) is 41.8 Å². The lowest BCUT2D eigenvalue weighted by Crippen LogP contribution is -2.51. The molecule has 1 aliphatic rings. The van der Waals surface area contributed by atoms with Crippen molar-refractivity contribution < 1.29 is 4.79 Å². The number of nitrogens with zero attached hydrogens (tertiary/aromatic N) is 1. The van der Waals surface area contributed by atoms with Gasteiger partial charge in [0.15, 0.2) is 0 Å². The molecule has 0 aromatic carbocycles. The number of thiazole rings is 1. The fourth-order valence-corrected chi connectivity index (χ4v) is 2.71. The quantitative estimate of drug-likeness (QED) is 0.865. The molecule has 0 spiro atoms. The molecular weight excluding hydrogens is 246 g/mol. The van der Waals surface area contributed by atoms with Crippen LogP contribution < -0.4 is 10.6 Å². The molecule has 0 unspecified atom stereocenters. The highest BCUT2D eigenvalue weighted by molar-refractivity contribution is 7.09. The minimum atomic E-state index is 0.107. The SMILES string of the molecule is CC(C)(C)c1csc(CCNC(=O)C2CNC2)n1. The summed E-state index contributed by atoms with van der Waals surface area (Å²) in [6.07, 6.45) is 0.826. The van der Waals surface area contributed by atoms with Crippen LogP contribution in [0.15, 0.2) is 5.38 Å². The van der Waals surface area contributed by atoms with Crippen molar-refractivity contribution in [3.63, 3.8) is 0 Å². The van der Waals surface area contributed by atoms with E-state index in [1.165, 1.54) is 0 Å². The van der Waals surface area contributed by atoms with E-state index in [-0.39, 0.29) is 17.2 Å². The van der Waals surface area contributed by atoms with Crippen LogP contribution in [0.3, 0.4) is 0 Å². The highest BCUT2D eigenvalue weighted by Crippen LogP contribution is 2.23. The van der Waals surface area contributed by atoms with Gasteiger partial charge in [0, 0.05) is 36.9 Å². The van der Waals surface area contributed by atoms with Gasteiger partial charge in [-0.2, -0.15) is 0 Å². The lowest BCUT2D eigenvalue weighted by atomic mass is 9.93. The van der Waals surface area contributed by atoms with Gasteiger partial charge in [0.1, 0.15) is 0 Å². The third-order valence-electron chi connectivity index (χ3n) is 3.11. The molecule has 2 heterocycles. The van der Waals surface area contributed by atoms with E-state index < -0.39 is 0 Å². The molecule has 100 valence electrons. The molecule has 1 saturated heterocycles. The molecule has 2 N–H and O–H groups in total. The van der Waals surface area contributed by atoms with Crippen molar-refractivity contribution in [3.05, 3.63) is 16.1 Å². The Kier molecular flexibility index (Phi) is 4.02. The summed E-state index contributed by atoms with van der Waals surface area (Å²) in [6, 6.07) is 0. The second-order valence-electron chi connectivity index (χ2n) is 5.77. The third-order valence-corrected chi connectivity index (χ3v) is 4.02. The number of amides is 1. The third kappa shape index (κ3) is 3.29. The summed E-state index contributed by atoms with van der Waals surface area (Å²) in [5, 5.41) is 9.29. The maximum atomic E-state index is 11.6. The first-order valence-corrected chi connectivity index (χ1v) is 7.28. The molecule has 1 aromatic heterocycles. The van der Waals surface area contributed by atoms with Gasteiger partial charge in [-0.15, -0.1) is 11.3 Å². The minimum Gasteiger partial charge on any atom is -0.355 e. The first kappa shape index (κ1) is 13.5. The Bertz CT molecular complexity index is 418. The molecule has 1 fully saturated rings. The lowest BCUT2D eigenvalue weighted by molar-refractivity contribution is -0.126. The summed E-state index contributed by atoms with van der Waals surface area (Å²) >= 11 is 1.68. The van der Waals surface area contributed by atoms with Crippen LogP contribution in [-0.2, 0) is 16.6 Å². The van der Waals surface area contributed by atoms with Crippen LogP contribution in [0.4, 0.5) is 0 Å². The van der Waals surface area contributed by atoms with Gasteiger partial charge >= 0.3 is 0 Å². The van der Waals surface area contributed by atoms with Crippen LogP contribution in [-0.4, -0.2) is 30.5 Å². The predicted molar refractivity (Wildman–Crippen MR) is 73.9 cm³/mol. The van der Waals surface area contributed by atoms with E-state index in [0.717, 1.165) is 30.2 Å². The number of carbonyl (C=O) groups excluding carboxylic acids is 1. The van der Waals surface area contributed by atoms with E-state index in [0.29, 0.717) is 6.54 Å². The van der Waals surface area contributed by atoms with Crippen LogP contribution in [0.5, 0.6) is 0 Å². The highest BCUT2D eigenvalue weighted by Gasteiger charge is 2.24. The van der Waals surface area contributed by atoms with Gasteiger partial charge < -0.3 is 10.6 Å². The van der Waals surface area contributed by atoms with E-state index in [1.54, 1.807) is 11.3 Å². The number of hydrogen-bond acceptors (Lipinski definition) is 4. The van der Waals surface area contributed by atoms with Crippen LogP contribution in [0, 0.1) is 5.92 Å². The molecule has 0 atom stereocenters. The number of nitrogens with one attached hydrogen (secondary N) is 2. The summed E-state index contributed by atoms with van der Waals surface area (Å²) in [5.74, 6) is 0.341. The van der Waals surface area contributed by atoms with Crippen molar-refractivity contribution in [2.24, 2.45) is 5.92 Å². The monoisotopic (exact) mass is 267 g/mol. The lowest BCUT2D eigenvalue weighted by Gasteiger charge is -2.25. The molecule has 0 radical (unpaired) electrons. The van der Waals surface area contributed by atoms with Gasteiger partial charge in [0.05, 0.1) is 16.6 Å². The Hall–Kier alpha value is -0.940. The average molecular weight is 267 g/mol. The summed E-state index contributed by atoms with van der Waals surface area (Å²) in [4.78, 5) is 16.2. The minimum absolute atomic E-state index is 0.107. The fraction of sp³-hybridized carbons (Fsp3) is 0.692. The molecule has 0 bridgehead atoms. The zero-order chi connectivity index (χ0) is 13.2. The molecule has 2 rings (SSSR count). The normalized spacial score (nSPS) is 16.4. The second kappa shape index (κ2) is 5.36. The Balaban J connectivity index is 1.76. The van der Waals surface area contributed by atoms with Gasteiger partial charge in [-0.3, -0.25) is 4.79 Å². The smallest absolute Gasteiger partial charge is 0.225 e. The van der Waals surface area contributed by atoms with Crippen LogP contribution >= 0.6 is 11.3 Å². The average Bonchev–Trinajstić information content (AvgIpc) is 2.62. The van der Waals surface area contributed by atoms with E-state index in [1.807, 2.05) is 0 Å². The Morgan fingerprint density at radius 3 is 2.78 bits per heavy atom. The van der Waals surface area contributed by atoms with Crippen molar-refractivity contribution in [2.75, 3.05) is 19.6 Å². The number of aromatic nitrogens is 1. The molecule has 0 aliphatic carbocycles. The summed E-state index contributed by atoms with van der Waals surface area (Å²) < 4.78 is 0. The molecule has 1 aliphatic heterocycles. The van der Waals surface area contributed by atoms with Gasteiger partial charge in [-0.05, 0) is 0 Å². The van der Waals surface area contributed by atoms with Crippen LogP contribution in [0.1, 0.15) is 31.5 Å². The second-order valence-corrected chi connectivity index (χ2v) is 6.72. The van der Waals surface area contributed by atoms with Gasteiger partial charge in [0.2, 0.25) is 5.91 Å². The zero-order valence-electron chi connectivity index (χ0n) is 11.2. The number of hydrogen-bond donors (Lipinski definition) is 2. The summed E-state index contributed by atoms with van der Waals surface area (Å²) in [6.45, 7) is 8.81. The maximum absolute atomic E-state index is 11.6. The van der Waals surface area contributed by atoms with E-state index >= 15 is 0 Å². The van der Waals surface area contributed by atoms with E-state index in [4.69, 9.17) is 0 Å². The van der Waals surface area contributed by atoms with E-state index in [9.17, 15) is 4.79 Å². The van der Waals surface area contributed by atoms with Crippen LogP contribution in [0.25, 0.3) is 0 Å².